The van der Waals surface area contributed by atoms with Gasteiger partial charge in [-0.3, -0.25) is 9.59 Å². The lowest BCUT2D eigenvalue weighted by Crippen LogP contribution is -2.14. The van der Waals surface area contributed by atoms with Crippen LogP contribution < -0.4 is 5.32 Å². The monoisotopic (exact) mass is 331 g/mol. The molecular formula is C18H18FNO2S. The van der Waals surface area contributed by atoms with E-state index >= 15 is 0 Å². The molecule has 0 saturated heterocycles. The lowest BCUT2D eigenvalue weighted by molar-refractivity contribution is -0.113. The zero-order chi connectivity index (χ0) is 16.8. The molecule has 0 saturated carbocycles. The van der Waals surface area contributed by atoms with Gasteiger partial charge in [0, 0.05) is 16.1 Å². The average Bonchev–Trinajstić information content (AvgIpc) is 2.53. The topological polar surface area (TPSA) is 46.2 Å². The number of amides is 1. The fourth-order valence-electron chi connectivity index (χ4n) is 2.05. The molecule has 0 heterocycles. The Morgan fingerprint density at radius 1 is 1.17 bits per heavy atom. The first kappa shape index (κ1) is 17.2. The molecule has 0 bridgehead atoms. The van der Waals surface area contributed by atoms with Crippen LogP contribution in [-0.2, 0) is 11.2 Å². The standard InChI is InChI=1S/C18H18FNO2S/c1-3-13-5-4-6-15(9-13)20-18(22)11-23-17-8-7-14(12(2)21)10-16(17)19/h4-10H,3,11H2,1-2H3,(H,20,22). The highest BCUT2D eigenvalue weighted by Gasteiger charge is 2.10. The number of carbonyl (C=O) groups is 2. The third-order valence-corrected chi connectivity index (χ3v) is 4.36. The van der Waals surface area contributed by atoms with Crippen LogP contribution in [0, 0.1) is 5.82 Å². The maximum Gasteiger partial charge on any atom is 0.234 e. The summed E-state index contributed by atoms with van der Waals surface area (Å²) in [6.07, 6.45) is 0.895. The molecule has 2 aromatic carbocycles. The van der Waals surface area contributed by atoms with Gasteiger partial charge in [-0.05, 0) is 43.2 Å². The highest BCUT2D eigenvalue weighted by atomic mass is 32.2. The van der Waals surface area contributed by atoms with Gasteiger partial charge < -0.3 is 5.32 Å². The molecule has 1 N–H and O–H groups in total. The lowest BCUT2D eigenvalue weighted by atomic mass is 10.1. The largest absolute Gasteiger partial charge is 0.325 e. The van der Waals surface area contributed by atoms with E-state index in [-0.39, 0.29) is 17.4 Å². The molecule has 23 heavy (non-hydrogen) atoms. The first-order valence-electron chi connectivity index (χ1n) is 7.31. The van der Waals surface area contributed by atoms with Gasteiger partial charge in [-0.1, -0.05) is 25.1 Å². The minimum Gasteiger partial charge on any atom is -0.325 e. The Morgan fingerprint density at radius 3 is 2.61 bits per heavy atom. The van der Waals surface area contributed by atoms with Gasteiger partial charge in [0.05, 0.1) is 5.75 Å². The Morgan fingerprint density at radius 2 is 1.96 bits per heavy atom. The Labute approximate surface area is 139 Å². The van der Waals surface area contributed by atoms with Gasteiger partial charge in [-0.15, -0.1) is 11.8 Å². The summed E-state index contributed by atoms with van der Waals surface area (Å²) >= 11 is 1.11. The molecule has 2 rings (SSSR count). The first-order chi connectivity index (χ1) is 11.0. The van der Waals surface area contributed by atoms with E-state index in [1.165, 1.54) is 19.1 Å². The fraction of sp³-hybridized carbons (Fsp3) is 0.222. The van der Waals surface area contributed by atoms with E-state index in [1.54, 1.807) is 6.07 Å². The molecular weight excluding hydrogens is 313 g/mol. The van der Waals surface area contributed by atoms with Crippen LogP contribution in [0.15, 0.2) is 47.4 Å². The second-order valence-electron chi connectivity index (χ2n) is 5.09. The van der Waals surface area contributed by atoms with E-state index in [0.29, 0.717) is 10.5 Å². The SMILES string of the molecule is CCc1cccc(NC(=O)CSc2ccc(C(C)=O)cc2F)c1. The number of ketones is 1. The molecule has 1 amide bonds. The number of Topliss-reactive ketones (excluding diaryl/α,β-unsaturated/α-hetero) is 1. The number of anilines is 1. The van der Waals surface area contributed by atoms with Crippen molar-refractivity contribution in [3.8, 4) is 0 Å². The van der Waals surface area contributed by atoms with Crippen LogP contribution in [0.3, 0.4) is 0 Å². The van der Waals surface area contributed by atoms with Gasteiger partial charge in [0.1, 0.15) is 5.82 Å². The van der Waals surface area contributed by atoms with Crippen LogP contribution in [0.1, 0.15) is 29.8 Å². The molecule has 0 unspecified atom stereocenters. The summed E-state index contributed by atoms with van der Waals surface area (Å²) in [5.41, 5.74) is 2.20. The average molecular weight is 331 g/mol. The molecule has 120 valence electrons. The molecule has 0 aliphatic heterocycles. The smallest absolute Gasteiger partial charge is 0.234 e. The van der Waals surface area contributed by atoms with Crippen molar-refractivity contribution in [2.45, 2.75) is 25.2 Å². The van der Waals surface area contributed by atoms with Crippen LogP contribution in [0.4, 0.5) is 10.1 Å². The van der Waals surface area contributed by atoms with Crippen LogP contribution >= 0.6 is 11.8 Å². The molecule has 0 aromatic heterocycles. The predicted octanol–water partition coefficient (Wildman–Crippen LogP) is 4.32. The number of hydrogen-bond donors (Lipinski definition) is 1. The molecule has 0 atom stereocenters. The normalized spacial score (nSPS) is 10.4. The molecule has 0 spiro atoms. The Kier molecular flexibility index (Phi) is 5.93. The van der Waals surface area contributed by atoms with Crippen molar-refractivity contribution in [2.24, 2.45) is 0 Å². The molecule has 5 heteroatoms. The number of halogens is 1. The van der Waals surface area contributed by atoms with Gasteiger partial charge in [0.2, 0.25) is 5.91 Å². The van der Waals surface area contributed by atoms with Crippen LogP contribution in [-0.4, -0.2) is 17.4 Å². The van der Waals surface area contributed by atoms with E-state index in [1.807, 2.05) is 31.2 Å². The van der Waals surface area contributed by atoms with E-state index in [0.717, 1.165) is 29.4 Å². The maximum atomic E-state index is 13.9. The van der Waals surface area contributed by atoms with Gasteiger partial charge in [-0.25, -0.2) is 4.39 Å². The van der Waals surface area contributed by atoms with Crippen molar-refractivity contribution in [3.05, 3.63) is 59.4 Å². The summed E-state index contributed by atoms with van der Waals surface area (Å²) in [5, 5.41) is 2.80. The minimum absolute atomic E-state index is 0.104. The van der Waals surface area contributed by atoms with Crippen LogP contribution in [0.2, 0.25) is 0 Å². The van der Waals surface area contributed by atoms with Gasteiger partial charge in [-0.2, -0.15) is 0 Å². The third kappa shape index (κ3) is 4.93. The van der Waals surface area contributed by atoms with Gasteiger partial charge >= 0.3 is 0 Å². The number of thioether (sulfide) groups is 1. The Hall–Kier alpha value is -2.14. The van der Waals surface area contributed by atoms with E-state index in [4.69, 9.17) is 0 Å². The fourth-order valence-corrected chi connectivity index (χ4v) is 2.77. The lowest BCUT2D eigenvalue weighted by Gasteiger charge is -2.07. The van der Waals surface area contributed by atoms with Crippen molar-refractivity contribution in [3.63, 3.8) is 0 Å². The van der Waals surface area contributed by atoms with Crippen LogP contribution in [0.5, 0.6) is 0 Å². The number of nitrogens with one attached hydrogen (secondary N) is 1. The first-order valence-corrected chi connectivity index (χ1v) is 8.30. The quantitative estimate of drug-likeness (QED) is 0.633. The van der Waals surface area contributed by atoms with E-state index in [2.05, 4.69) is 5.32 Å². The molecule has 0 aliphatic carbocycles. The summed E-state index contributed by atoms with van der Waals surface area (Å²) < 4.78 is 13.9. The van der Waals surface area contributed by atoms with Crippen molar-refractivity contribution in [1.29, 1.82) is 0 Å². The molecule has 0 fully saturated rings. The number of hydrogen-bond acceptors (Lipinski definition) is 3. The molecule has 0 aliphatic rings. The number of rotatable bonds is 6. The van der Waals surface area contributed by atoms with Crippen molar-refractivity contribution < 1.29 is 14.0 Å². The van der Waals surface area contributed by atoms with E-state index in [9.17, 15) is 14.0 Å². The molecule has 2 aromatic rings. The predicted molar refractivity (Wildman–Crippen MR) is 91.6 cm³/mol. The minimum atomic E-state index is -0.483. The highest BCUT2D eigenvalue weighted by Crippen LogP contribution is 2.23. The number of aryl methyl sites for hydroxylation is 1. The number of benzene rings is 2. The Bertz CT molecular complexity index is 731. The van der Waals surface area contributed by atoms with Crippen LogP contribution in [0.25, 0.3) is 0 Å². The molecule has 3 nitrogen and oxygen atoms in total. The third-order valence-electron chi connectivity index (χ3n) is 3.32. The van der Waals surface area contributed by atoms with Crippen molar-refractivity contribution in [1.82, 2.24) is 0 Å². The van der Waals surface area contributed by atoms with Crippen molar-refractivity contribution >= 4 is 29.1 Å². The summed E-state index contributed by atoms with van der Waals surface area (Å²) in [6.45, 7) is 3.43. The van der Waals surface area contributed by atoms with Gasteiger partial charge in [0.25, 0.3) is 0 Å². The summed E-state index contributed by atoms with van der Waals surface area (Å²) in [6, 6.07) is 11.9. The second-order valence-corrected chi connectivity index (χ2v) is 6.11. The highest BCUT2D eigenvalue weighted by molar-refractivity contribution is 8.00. The summed E-state index contributed by atoms with van der Waals surface area (Å²) in [4.78, 5) is 23.5. The molecule has 0 radical (unpaired) electrons. The van der Waals surface area contributed by atoms with Crippen molar-refractivity contribution in [2.75, 3.05) is 11.1 Å². The Balaban J connectivity index is 1.95. The summed E-state index contributed by atoms with van der Waals surface area (Å²) in [7, 11) is 0. The number of carbonyl (C=O) groups excluding carboxylic acids is 2. The zero-order valence-electron chi connectivity index (χ0n) is 13.1. The maximum absolute atomic E-state index is 13.9. The van der Waals surface area contributed by atoms with Gasteiger partial charge in [0.15, 0.2) is 5.78 Å². The summed E-state index contributed by atoms with van der Waals surface area (Å²) in [5.74, 6) is -0.761. The zero-order valence-corrected chi connectivity index (χ0v) is 13.9. The van der Waals surface area contributed by atoms with E-state index < -0.39 is 5.82 Å². The second kappa shape index (κ2) is 7.92.